The van der Waals surface area contributed by atoms with Crippen molar-refractivity contribution in [2.75, 3.05) is 19.7 Å². The lowest BCUT2D eigenvalue weighted by molar-refractivity contribution is -0.122. The number of azo groups is 1. The maximum absolute atomic E-state index is 11.3. The summed E-state index contributed by atoms with van der Waals surface area (Å²) < 4.78 is 5.32. The number of aliphatic hydroxyl groups excluding tert-OH is 1. The van der Waals surface area contributed by atoms with Gasteiger partial charge in [-0.1, -0.05) is 6.92 Å². The van der Waals surface area contributed by atoms with Gasteiger partial charge in [0.2, 0.25) is 5.91 Å². The van der Waals surface area contributed by atoms with Gasteiger partial charge in [0, 0.05) is 0 Å². The van der Waals surface area contributed by atoms with E-state index >= 15 is 0 Å². The van der Waals surface area contributed by atoms with Crippen molar-refractivity contribution in [2.45, 2.75) is 32.3 Å². The Bertz CT molecular complexity index is 346. The molecule has 0 aromatic heterocycles. The molecular formula is C12H22N4O3. The van der Waals surface area contributed by atoms with E-state index in [0.717, 1.165) is 0 Å². The van der Waals surface area contributed by atoms with Crippen LogP contribution in [0.4, 0.5) is 0 Å². The van der Waals surface area contributed by atoms with Crippen LogP contribution in [0.1, 0.15) is 26.2 Å². The molecule has 0 aromatic carbocycles. The summed E-state index contributed by atoms with van der Waals surface area (Å²) in [5, 5.41) is 24.9. The SMILES string of the molecule is CC[C@H](O)CCCOC(=N)C1CN=NCC1C(N)=O. The first kappa shape index (κ1) is 15.6. The lowest BCUT2D eigenvalue weighted by Crippen LogP contribution is -2.40. The number of nitrogens with two attached hydrogens (primary N) is 1. The van der Waals surface area contributed by atoms with Crippen molar-refractivity contribution in [1.29, 1.82) is 5.41 Å². The van der Waals surface area contributed by atoms with Gasteiger partial charge in [-0.05, 0) is 19.3 Å². The van der Waals surface area contributed by atoms with Crippen molar-refractivity contribution < 1.29 is 14.6 Å². The number of nitrogens with one attached hydrogen (secondary N) is 1. The van der Waals surface area contributed by atoms with Gasteiger partial charge in [-0.2, -0.15) is 10.2 Å². The standard InChI is InChI=1S/C12H22N4O3/c1-2-8(17)4-3-5-19-12(14)10-7-16-15-6-9(10)11(13)18/h8-10,14,17H,2-7H2,1H3,(H2,13,18)/t8-,9?,10?/m0/s1. The zero-order valence-electron chi connectivity index (χ0n) is 11.2. The van der Waals surface area contributed by atoms with Crippen molar-refractivity contribution in [3.05, 3.63) is 0 Å². The number of primary amides is 1. The fourth-order valence-electron chi connectivity index (χ4n) is 1.91. The summed E-state index contributed by atoms with van der Waals surface area (Å²) in [7, 11) is 0. The number of aliphatic hydroxyl groups is 1. The van der Waals surface area contributed by atoms with E-state index in [1.54, 1.807) is 0 Å². The normalized spacial score (nSPS) is 23.9. The lowest BCUT2D eigenvalue weighted by atomic mass is 9.90. The number of carbonyl (C=O) groups excluding carboxylic acids is 1. The molecule has 1 aliphatic rings. The van der Waals surface area contributed by atoms with Crippen LogP contribution in [0.25, 0.3) is 0 Å². The minimum atomic E-state index is -0.508. The third kappa shape index (κ3) is 4.94. The second kappa shape index (κ2) is 7.83. The predicted octanol–water partition coefficient (Wildman–Crippen LogP) is 0.715. The maximum Gasteiger partial charge on any atom is 0.223 e. The lowest BCUT2D eigenvalue weighted by Gasteiger charge is -2.24. The molecule has 1 rings (SSSR count). The Hall–Kier alpha value is -1.50. The predicted molar refractivity (Wildman–Crippen MR) is 70.0 cm³/mol. The average Bonchev–Trinajstić information content (AvgIpc) is 2.42. The van der Waals surface area contributed by atoms with Crippen LogP contribution in [0.2, 0.25) is 0 Å². The third-order valence-corrected chi connectivity index (χ3v) is 3.26. The molecule has 2 unspecified atom stereocenters. The van der Waals surface area contributed by atoms with Gasteiger partial charge in [-0.3, -0.25) is 10.2 Å². The molecule has 7 heteroatoms. The van der Waals surface area contributed by atoms with Crippen LogP contribution in [-0.2, 0) is 9.53 Å². The number of carbonyl (C=O) groups is 1. The van der Waals surface area contributed by atoms with Gasteiger partial charge in [0.1, 0.15) is 0 Å². The molecule has 1 amide bonds. The minimum absolute atomic E-state index is 0.0356. The van der Waals surface area contributed by atoms with E-state index in [2.05, 4.69) is 10.2 Å². The maximum atomic E-state index is 11.3. The zero-order chi connectivity index (χ0) is 14.3. The molecule has 7 nitrogen and oxygen atoms in total. The Morgan fingerprint density at radius 2 is 2.11 bits per heavy atom. The molecule has 108 valence electrons. The van der Waals surface area contributed by atoms with Crippen molar-refractivity contribution in [1.82, 2.24) is 0 Å². The van der Waals surface area contributed by atoms with Crippen LogP contribution in [0.15, 0.2) is 10.2 Å². The third-order valence-electron chi connectivity index (χ3n) is 3.26. The molecule has 0 aliphatic carbocycles. The van der Waals surface area contributed by atoms with Crippen LogP contribution in [0.5, 0.6) is 0 Å². The van der Waals surface area contributed by atoms with E-state index in [-0.39, 0.29) is 25.1 Å². The Labute approximate surface area is 112 Å². The summed E-state index contributed by atoms with van der Waals surface area (Å²) in [5.41, 5.74) is 5.28. The summed E-state index contributed by atoms with van der Waals surface area (Å²) in [6.45, 7) is 2.76. The smallest absolute Gasteiger partial charge is 0.223 e. The summed E-state index contributed by atoms with van der Waals surface area (Å²) in [6, 6.07) is 0. The van der Waals surface area contributed by atoms with Crippen LogP contribution in [-0.4, -0.2) is 42.7 Å². The molecule has 0 bridgehead atoms. The number of rotatable bonds is 7. The van der Waals surface area contributed by atoms with Gasteiger partial charge >= 0.3 is 0 Å². The number of amides is 1. The van der Waals surface area contributed by atoms with Crippen molar-refractivity contribution in [3.8, 4) is 0 Å². The summed E-state index contributed by atoms with van der Waals surface area (Å²) in [5.74, 6) is -1.36. The molecule has 0 radical (unpaired) electrons. The highest BCUT2D eigenvalue weighted by Gasteiger charge is 2.33. The van der Waals surface area contributed by atoms with E-state index in [0.29, 0.717) is 25.9 Å². The van der Waals surface area contributed by atoms with Gasteiger partial charge in [-0.15, -0.1) is 0 Å². The monoisotopic (exact) mass is 270 g/mol. The Morgan fingerprint density at radius 1 is 1.47 bits per heavy atom. The van der Waals surface area contributed by atoms with Crippen molar-refractivity contribution >= 4 is 11.8 Å². The van der Waals surface area contributed by atoms with Gasteiger partial charge < -0.3 is 15.6 Å². The highest BCUT2D eigenvalue weighted by Crippen LogP contribution is 2.20. The highest BCUT2D eigenvalue weighted by molar-refractivity contribution is 5.86. The average molecular weight is 270 g/mol. The first-order valence-corrected chi connectivity index (χ1v) is 6.58. The topological polar surface area (TPSA) is 121 Å². The summed E-state index contributed by atoms with van der Waals surface area (Å²) in [6.07, 6.45) is 1.71. The van der Waals surface area contributed by atoms with E-state index in [9.17, 15) is 9.90 Å². The second-order valence-corrected chi connectivity index (χ2v) is 4.68. The van der Waals surface area contributed by atoms with E-state index in [1.165, 1.54) is 0 Å². The molecule has 1 aliphatic heterocycles. The molecule has 0 fully saturated rings. The molecule has 0 spiro atoms. The molecular weight excluding hydrogens is 248 g/mol. The van der Waals surface area contributed by atoms with Gasteiger partial charge in [0.05, 0.1) is 37.6 Å². The first-order chi connectivity index (χ1) is 9.06. The molecule has 19 heavy (non-hydrogen) atoms. The van der Waals surface area contributed by atoms with E-state index < -0.39 is 17.7 Å². The van der Waals surface area contributed by atoms with Gasteiger partial charge in [-0.25, -0.2) is 0 Å². The summed E-state index contributed by atoms with van der Waals surface area (Å²) >= 11 is 0. The largest absolute Gasteiger partial charge is 0.481 e. The van der Waals surface area contributed by atoms with E-state index in [1.807, 2.05) is 6.92 Å². The Balaban J connectivity index is 2.35. The number of hydrogen-bond acceptors (Lipinski definition) is 6. The number of hydrogen-bond donors (Lipinski definition) is 3. The zero-order valence-corrected chi connectivity index (χ0v) is 11.2. The molecule has 4 N–H and O–H groups in total. The van der Waals surface area contributed by atoms with Crippen LogP contribution in [0.3, 0.4) is 0 Å². The van der Waals surface area contributed by atoms with Crippen LogP contribution in [0, 0.1) is 17.2 Å². The Kier molecular flexibility index (Phi) is 6.41. The van der Waals surface area contributed by atoms with Crippen molar-refractivity contribution in [2.24, 2.45) is 27.8 Å². The molecule has 0 saturated heterocycles. The quantitative estimate of drug-likeness (QED) is 0.359. The highest BCUT2D eigenvalue weighted by atomic mass is 16.5. The number of nitrogens with zero attached hydrogens (tertiary/aromatic N) is 2. The number of ether oxygens (including phenoxy) is 1. The molecule has 1 heterocycles. The molecule has 3 atom stereocenters. The van der Waals surface area contributed by atoms with Crippen molar-refractivity contribution in [3.63, 3.8) is 0 Å². The fourth-order valence-corrected chi connectivity index (χ4v) is 1.91. The second-order valence-electron chi connectivity index (χ2n) is 4.68. The van der Waals surface area contributed by atoms with Gasteiger partial charge in [0.25, 0.3) is 0 Å². The van der Waals surface area contributed by atoms with Crippen LogP contribution < -0.4 is 5.73 Å². The summed E-state index contributed by atoms with van der Waals surface area (Å²) in [4.78, 5) is 11.3. The first-order valence-electron chi connectivity index (χ1n) is 6.58. The van der Waals surface area contributed by atoms with E-state index in [4.69, 9.17) is 15.9 Å². The minimum Gasteiger partial charge on any atom is -0.481 e. The van der Waals surface area contributed by atoms with Crippen LogP contribution >= 0.6 is 0 Å². The van der Waals surface area contributed by atoms with Gasteiger partial charge in [0.15, 0.2) is 5.90 Å². The molecule has 0 saturated carbocycles. The fraction of sp³-hybridized carbons (Fsp3) is 0.833. The molecule has 0 aromatic rings. The Morgan fingerprint density at radius 3 is 2.68 bits per heavy atom.